The molecule has 1 unspecified atom stereocenters. The molecule has 0 spiro atoms. The van der Waals surface area contributed by atoms with E-state index in [1.807, 2.05) is 19.1 Å². The molecule has 2 N–H and O–H groups in total. The topological polar surface area (TPSA) is 84.9 Å². The van der Waals surface area contributed by atoms with Crippen LogP contribution in [0.2, 0.25) is 0 Å². The number of aliphatic carboxylic acids is 1. The molecule has 0 fully saturated rings. The molecule has 0 aliphatic rings. The second-order valence-corrected chi connectivity index (χ2v) is 6.49. The summed E-state index contributed by atoms with van der Waals surface area (Å²) in [5.41, 5.74) is -0.611. The van der Waals surface area contributed by atoms with E-state index < -0.39 is 23.1 Å². The molecule has 6 heteroatoms. The lowest BCUT2D eigenvalue weighted by Gasteiger charge is -2.31. The molecule has 1 amide bonds. The van der Waals surface area contributed by atoms with Gasteiger partial charge in [0.05, 0.1) is 6.61 Å². The van der Waals surface area contributed by atoms with Crippen LogP contribution >= 0.6 is 0 Å². The van der Waals surface area contributed by atoms with Crippen molar-refractivity contribution in [1.29, 1.82) is 0 Å². The summed E-state index contributed by atoms with van der Waals surface area (Å²) in [4.78, 5) is 23.9. The average molecular weight is 323 g/mol. The lowest BCUT2D eigenvalue weighted by Crippen LogP contribution is -2.50. The van der Waals surface area contributed by atoms with Crippen molar-refractivity contribution in [3.05, 3.63) is 35.4 Å². The van der Waals surface area contributed by atoms with Gasteiger partial charge in [0, 0.05) is 13.7 Å². The molecule has 0 aliphatic carbocycles. The lowest BCUT2D eigenvalue weighted by molar-refractivity contribution is -0.145. The number of alkyl carbamates (subject to hydrolysis) is 1. The van der Waals surface area contributed by atoms with Crippen LogP contribution in [0.15, 0.2) is 24.3 Å². The van der Waals surface area contributed by atoms with Crippen molar-refractivity contribution in [2.75, 3.05) is 20.3 Å². The fourth-order valence-electron chi connectivity index (χ4n) is 2.37. The number of aryl methyl sites for hydroxylation is 1. The van der Waals surface area contributed by atoms with Gasteiger partial charge in [-0.1, -0.05) is 24.3 Å². The van der Waals surface area contributed by atoms with Crippen LogP contribution in [0.5, 0.6) is 0 Å². The van der Waals surface area contributed by atoms with E-state index in [0.29, 0.717) is 5.56 Å². The third-order valence-electron chi connectivity index (χ3n) is 3.39. The molecule has 1 rings (SSSR count). The predicted octanol–water partition coefficient (Wildman–Crippen LogP) is 2.49. The van der Waals surface area contributed by atoms with Gasteiger partial charge in [-0.3, -0.25) is 4.79 Å². The molecule has 0 aromatic heterocycles. The van der Waals surface area contributed by atoms with Crippen LogP contribution in [-0.2, 0) is 19.7 Å². The van der Waals surface area contributed by atoms with E-state index in [-0.39, 0.29) is 13.2 Å². The van der Waals surface area contributed by atoms with Gasteiger partial charge in [0.1, 0.15) is 11.0 Å². The number of amides is 1. The summed E-state index contributed by atoms with van der Waals surface area (Å²) in [5, 5.41) is 12.4. The van der Waals surface area contributed by atoms with Crippen molar-refractivity contribution in [3.8, 4) is 0 Å². The Hall–Kier alpha value is -2.08. The van der Waals surface area contributed by atoms with Crippen molar-refractivity contribution in [2.45, 2.75) is 38.7 Å². The summed E-state index contributed by atoms with van der Waals surface area (Å²) in [6.07, 6.45) is -0.659. The number of methoxy groups -OCH3 is 1. The molecule has 1 aromatic rings. The second kappa shape index (κ2) is 7.46. The van der Waals surface area contributed by atoms with Crippen molar-refractivity contribution >= 4 is 12.1 Å². The minimum Gasteiger partial charge on any atom is -0.480 e. The summed E-state index contributed by atoms with van der Waals surface area (Å²) in [5.74, 6) is -1.07. The molecular weight excluding hydrogens is 298 g/mol. The van der Waals surface area contributed by atoms with E-state index in [0.717, 1.165) is 5.56 Å². The molecule has 23 heavy (non-hydrogen) atoms. The number of hydrogen-bond donors (Lipinski definition) is 2. The van der Waals surface area contributed by atoms with Crippen LogP contribution in [0, 0.1) is 6.92 Å². The molecular formula is C17H25NO5. The minimum absolute atomic E-state index is 0.0665. The van der Waals surface area contributed by atoms with Crippen molar-refractivity contribution < 1.29 is 24.2 Å². The van der Waals surface area contributed by atoms with E-state index in [4.69, 9.17) is 9.47 Å². The van der Waals surface area contributed by atoms with Crippen LogP contribution in [0.4, 0.5) is 4.79 Å². The van der Waals surface area contributed by atoms with Crippen LogP contribution in [-0.4, -0.2) is 43.0 Å². The van der Waals surface area contributed by atoms with Gasteiger partial charge in [0.15, 0.2) is 0 Å². The number of carboxylic acids is 1. The number of benzene rings is 1. The van der Waals surface area contributed by atoms with Crippen molar-refractivity contribution in [2.24, 2.45) is 0 Å². The van der Waals surface area contributed by atoms with Gasteiger partial charge in [-0.2, -0.15) is 0 Å². The highest BCUT2D eigenvalue weighted by atomic mass is 16.6. The standard InChI is InChI=1S/C17H25NO5/c1-12-8-6-7-9-13(12)17(11-22-5,14(19)20)10-18-15(21)23-16(2,3)4/h6-9H,10-11H2,1-5H3,(H,18,21)(H,19,20). The number of carboxylic acid groups (broad SMARTS) is 1. The maximum atomic E-state index is 12.0. The van der Waals surface area contributed by atoms with Gasteiger partial charge in [-0.15, -0.1) is 0 Å². The van der Waals surface area contributed by atoms with Gasteiger partial charge in [-0.05, 0) is 38.8 Å². The molecule has 0 saturated heterocycles. The normalized spacial score (nSPS) is 14.0. The first kappa shape index (κ1) is 19.0. The summed E-state index contributed by atoms with van der Waals surface area (Å²) in [6.45, 7) is 6.86. The van der Waals surface area contributed by atoms with Gasteiger partial charge in [0.25, 0.3) is 0 Å². The highest BCUT2D eigenvalue weighted by Gasteiger charge is 2.42. The van der Waals surface area contributed by atoms with E-state index >= 15 is 0 Å². The maximum Gasteiger partial charge on any atom is 0.407 e. The third-order valence-corrected chi connectivity index (χ3v) is 3.39. The summed E-state index contributed by atoms with van der Waals surface area (Å²) in [7, 11) is 1.43. The van der Waals surface area contributed by atoms with Crippen LogP contribution in [0.1, 0.15) is 31.9 Å². The first-order valence-electron chi connectivity index (χ1n) is 7.38. The smallest absolute Gasteiger partial charge is 0.407 e. The number of carbonyl (C=O) groups is 2. The third kappa shape index (κ3) is 4.96. The Morgan fingerprint density at radius 1 is 1.22 bits per heavy atom. The summed E-state index contributed by atoms with van der Waals surface area (Å²) >= 11 is 0. The second-order valence-electron chi connectivity index (χ2n) is 6.49. The number of carbonyl (C=O) groups excluding carboxylic acids is 1. The van der Waals surface area contributed by atoms with Gasteiger partial charge in [0.2, 0.25) is 0 Å². The molecule has 1 atom stereocenters. The Morgan fingerprint density at radius 3 is 2.30 bits per heavy atom. The molecule has 0 saturated carbocycles. The molecule has 0 aliphatic heterocycles. The van der Waals surface area contributed by atoms with Crippen LogP contribution in [0.25, 0.3) is 0 Å². The average Bonchev–Trinajstić information content (AvgIpc) is 2.42. The highest BCUT2D eigenvalue weighted by Crippen LogP contribution is 2.28. The molecule has 0 bridgehead atoms. The number of rotatable bonds is 6. The Labute approximate surface area is 136 Å². The molecule has 0 radical (unpaired) electrons. The van der Waals surface area contributed by atoms with Crippen LogP contribution < -0.4 is 5.32 Å². The molecule has 128 valence electrons. The van der Waals surface area contributed by atoms with Gasteiger partial charge in [-0.25, -0.2) is 4.79 Å². The highest BCUT2D eigenvalue weighted by molar-refractivity contribution is 5.83. The molecule has 1 aromatic carbocycles. The first-order chi connectivity index (χ1) is 10.6. The molecule has 6 nitrogen and oxygen atoms in total. The zero-order valence-corrected chi connectivity index (χ0v) is 14.3. The SMILES string of the molecule is COCC(CNC(=O)OC(C)(C)C)(C(=O)O)c1ccccc1C. The fourth-order valence-corrected chi connectivity index (χ4v) is 2.37. The van der Waals surface area contributed by atoms with Crippen molar-refractivity contribution in [3.63, 3.8) is 0 Å². The lowest BCUT2D eigenvalue weighted by atomic mass is 9.78. The maximum absolute atomic E-state index is 12.0. The zero-order chi connectivity index (χ0) is 17.7. The Kier molecular flexibility index (Phi) is 6.15. The predicted molar refractivity (Wildman–Crippen MR) is 86.6 cm³/mol. The zero-order valence-electron chi connectivity index (χ0n) is 14.3. The number of ether oxygens (including phenoxy) is 2. The quantitative estimate of drug-likeness (QED) is 0.840. The van der Waals surface area contributed by atoms with E-state index in [9.17, 15) is 14.7 Å². The Bertz CT molecular complexity index is 564. The van der Waals surface area contributed by atoms with Gasteiger partial charge >= 0.3 is 12.1 Å². The number of hydrogen-bond acceptors (Lipinski definition) is 4. The van der Waals surface area contributed by atoms with Crippen molar-refractivity contribution in [1.82, 2.24) is 5.32 Å². The number of nitrogens with one attached hydrogen (secondary N) is 1. The van der Waals surface area contributed by atoms with E-state index in [2.05, 4.69) is 5.32 Å². The van der Waals surface area contributed by atoms with Crippen LogP contribution in [0.3, 0.4) is 0 Å². The Morgan fingerprint density at radius 2 is 1.83 bits per heavy atom. The summed E-state index contributed by atoms with van der Waals surface area (Å²) in [6, 6.07) is 7.16. The van der Waals surface area contributed by atoms with Gasteiger partial charge < -0.3 is 19.9 Å². The largest absolute Gasteiger partial charge is 0.480 e. The minimum atomic E-state index is -1.38. The monoisotopic (exact) mass is 323 g/mol. The Balaban J connectivity index is 3.09. The fraction of sp³-hybridized carbons (Fsp3) is 0.529. The summed E-state index contributed by atoms with van der Waals surface area (Å²) < 4.78 is 10.3. The first-order valence-corrected chi connectivity index (χ1v) is 7.38. The van der Waals surface area contributed by atoms with E-state index in [1.54, 1.807) is 32.9 Å². The molecule has 0 heterocycles. The van der Waals surface area contributed by atoms with E-state index in [1.165, 1.54) is 7.11 Å².